The van der Waals surface area contributed by atoms with Crippen molar-refractivity contribution in [3.05, 3.63) is 82.7 Å². The second-order valence-corrected chi connectivity index (χ2v) is 8.31. The Balaban J connectivity index is 1.60. The molecule has 0 aliphatic heterocycles. The summed E-state index contributed by atoms with van der Waals surface area (Å²) in [5.74, 6) is 0.166. The number of benzene rings is 2. The van der Waals surface area contributed by atoms with E-state index in [0.717, 1.165) is 28.2 Å². The highest BCUT2D eigenvalue weighted by atomic mass is 16.2. The van der Waals surface area contributed by atoms with Crippen LogP contribution in [0.2, 0.25) is 0 Å². The van der Waals surface area contributed by atoms with E-state index >= 15 is 0 Å². The maximum atomic E-state index is 12.7. The van der Waals surface area contributed by atoms with Crippen LogP contribution in [0, 0.1) is 19.8 Å². The quantitative estimate of drug-likeness (QED) is 0.567. The number of hydrogen-bond acceptors (Lipinski definition) is 3. The Labute approximate surface area is 183 Å². The molecule has 3 aromatic rings. The largest absolute Gasteiger partial charge is 0.348 e. The van der Waals surface area contributed by atoms with Gasteiger partial charge in [0.05, 0.1) is 12.2 Å². The first-order chi connectivity index (χ1) is 14.8. The van der Waals surface area contributed by atoms with Crippen LogP contribution in [0.4, 0.5) is 5.69 Å². The van der Waals surface area contributed by atoms with Crippen molar-refractivity contribution in [2.75, 3.05) is 5.32 Å². The van der Waals surface area contributed by atoms with Crippen molar-refractivity contribution in [2.45, 2.75) is 47.2 Å². The molecule has 0 radical (unpaired) electrons. The van der Waals surface area contributed by atoms with Crippen LogP contribution in [0.25, 0.3) is 0 Å². The molecule has 2 N–H and O–H groups in total. The molecule has 3 rings (SSSR count). The van der Waals surface area contributed by atoms with Gasteiger partial charge in [-0.3, -0.25) is 14.3 Å². The molecule has 0 unspecified atom stereocenters. The van der Waals surface area contributed by atoms with Gasteiger partial charge in [0, 0.05) is 29.9 Å². The van der Waals surface area contributed by atoms with Gasteiger partial charge in [0.15, 0.2) is 0 Å². The minimum Gasteiger partial charge on any atom is -0.348 e. The van der Waals surface area contributed by atoms with E-state index in [2.05, 4.69) is 15.7 Å². The number of carbonyl (C=O) groups is 2. The van der Waals surface area contributed by atoms with Crippen molar-refractivity contribution in [3.63, 3.8) is 0 Å². The van der Waals surface area contributed by atoms with Crippen molar-refractivity contribution in [2.24, 2.45) is 5.92 Å². The van der Waals surface area contributed by atoms with E-state index in [4.69, 9.17) is 0 Å². The molecule has 0 aliphatic carbocycles. The molecule has 0 bridgehead atoms. The third-order valence-corrected chi connectivity index (χ3v) is 4.88. The van der Waals surface area contributed by atoms with E-state index in [1.807, 2.05) is 87.0 Å². The lowest BCUT2D eigenvalue weighted by molar-refractivity contribution is -0.116. The lowest BCUT2D eigenvalue weighted by atomic mass is 10.1. The zero-order chi connectivity index (χ0) is 22.4. The SMILES string of the molecule is Cc1cc(C)n(Cc2cccc(C(=O)NCc3cccc(NC(=O)CC(C)C)c3)c2)n1. The summed E-state index contributed by atoms with van der Waals surface area (Å²) in [5, 5.41) is 10.4. The van der Waals surface area contributed by atoms with Gasteiger partial charge in [0.25, 0.3) is 5.91 Å². The Hall–Kier alpha value is -3.41. The first-order valence-corrected chi connectivity index (χ1v) is 10.6. The van der Waals surface area contributed by atoms with Crippen molar-refractivity contribution in [3.8, 4) is 0 Å². The van der Waals surface area contributed by atoms with Crippen LogP contribution in [-0.4, -0.2) is 21.6 Å². The maximum Gasteiger partial charge on any atom is 0.251 e. The van der Waals surface area contributed by atoms with Crippen LogP contribution in [0.15, 0.2) is 54.6 Å². The summed E-state index contributed by atoms with van der Waals surface area (Å²) in [6.45, 7) is 9.02. The fourth-order valence-electron chi connectivity index (χ4n) is 3.45. The first-order valence-electron chi connectivity index (χ1n) is 10.6. The third kappa shape index (κ3) is 6.54. The highest BCUT2D eigenvalue weighted by Crippen LogP contribution is 2.13. The lowest BCUT2D eigenvalue weighted by Crippen LogP contribution is -2.23. The van der Waals surface area contributed by atoms with Crippen molar-refractivity contribution in [1.29, 1.82) is 0 Å². The Morgan fingerprint density at radius 2 is 1.74 bits per heavy atom. The molecule has 1 heterocycles. The van der Waals surface area contributed by atoms with Crippen LogP contribution >= 0.6 is 0 Å². The maximum absolute atomic E-state index is 12.7. The summed E-state index contributed by atoms with van der Waals surface area (Å²) < 4.78 is 1.94. The predicted octanol–water partition coefficient (Wildman–Crippen LogP) is 4.46. The summed E-state index contributed by atoms with van der Waals surface area (Å²) in [6.07, 6.45) is 0.481. The van der Waals surface area contributed by atoms with Crippen molar-refractivity contribution in [1.82, 2.24) is 15.1 Å². The molecule has 0 saturated carbocycles. The average molecular weight is 419 g/mol. The number of hydrogen-bond donors (Lipinski definition) is 2. The van der Waals surface area contributed by atoms with Gasteiger partial charge in [-0.25, -0.2) is 0 Å². The highest BCUT2D eigenvalue weighted by molar-refractivity contribution is 5.94. The minimum absolute atomic E-state index is 0.00406. The van der Waals surface area contributed by atoms with Crippen LogP contribution in [0.3, 0.4) is 0 Å². The van der Waals surface area contributed by atoms with E-state index in [1.165, 1.54) is 0 Å². The number of aryl methyl sites for hydroxylation is 2. The molecule has 0 atom stereocenters. The molecule has 0 spiro atoms. The van der Waals surface area contributed by atoms with Crippen LogP contribution in [0.1, 0.15) is 53.1 Å². The molecule has 6 heteroatoms. The highest BCUT2D eigenvalue weighted by Gasteiger charge is 2.09. The fourth-order valence-corrected chi connectivity index (χ4v) is 3.45. The molecule has 162 valence electrons. The molecule has 2 aromatic carbocycles. The Morgan fingerprint density at radius 1 is 1.00 bits per heavy atom. The Kier molecular flexibility index (Phi) is 7.23. The summed E-state index contributed by atoms with van der Waals surface area (Å²) in [5.41, 5.74) is 5.37. The first kappa shape index (κ1) is 22.3. The predicted molar refractivity (Wildman–Crippen MR) is 123 cm³/mol. The second-order valence-electron chi connectivity index (χ2n) is 8.31. The zero-order valence-corrected chi connectivity index (χ0v) is 18.6. The molecule has 31 heavy (non-hydrogen) atoms. The van der Waals surface area contributed by atoms with Gasteiger partial charge in [0.2, 0.25) is 5.91 Å². The molecule has 0 aliphatic rings. The smallest absolute Gasteiger partial charge is 0.251 e. The number of nitrogens with zero attached hydrogens (tertiary/aromatic N) is 2. The number of anilines is 1. The minimum atomic E-state index is -0.135. The average Bonchev–Trinajstić information content (AvgIpc) is 3.02. The Bertz CT molecular complexity index is 1070. The summed E-state index contributed by atoms with van der Waals surface area (Å²) >= 11 is 0. The molecule has 1 aromatic heterocycles. The summed E-state index contributed by atoms with van der Waals surface area (Å²) in [4.78, 5) is 24.7. The summed E-state index contributed by atoms with van der Waals surface area (Å²) in [6, 6.07) is 17.2. The molecular formula is C25H30N4O2. The normalized spacial score (nSPS) is 10.9. The molecule has 6 nitrogen and oxygen atoms in total. The van der Waals surface area contributed by atoms with E-state index in [1.54, 1.807) is 0 Å². The van der Waals surface area contributed by atoms with Crippen LogP contribution in [0.5, 0.6) is 0 Å². The van der Waals surface area contributed by atoms with Gasteiger partial charge < -0.3 is 10.6 Å². The van der Waals surface area contributed by atoms with Crippen molar-refractivity contribution >= 4 is 17.5 Å². The van der Waals surface area contributed by atoms with Gasteiger partial charge in [-0.1, -0.05) is 38.1 Å². The molecule has 2 amide bonds. The van der Waals surface area contributed by atoms with E-state index in [9.17, 15) is 9.59 Å². The van der Waals surface area contributed by atoms with Crippen LogP contribution < -0.4 is 10.6 Å². The van der Waals surface area contributed by atoms with Crippen molar-refractivity contribution < 1.29 is 9.59 Å². The standard InChI is InChI=1S/C25H30N4O2/c1-17(2)11-24(30)27-23-10-6-7-20(14-23)15-26-25(31)22-9-5-8-21(13-22)16-29-19(4)12-18(3)28-29/h5-10,12-14,17H,11,15-16H2,1-4H3,(H,26,31)(H,27,30). The van der Waals surface area contributed by atoms with Gasteiger partial charge in [-0.05, 0) is 61.2 Å². The number of amides is 2. The third-order valence-electron chi connectivity index (χ3n) is 4.88. The van der Waals surface area contributed by atoms with Gasteiger partial charge in [0.1, 0.15) is 0 Å². The fraction of sp³-hybridized carbons (Fsp3) is 0.320. The van der Waals surface area contributed by atoms with Gasteiger partial charge in [-0.15, -0.1) is 0 Å². The topological polar surface area (TPSA) is 76.0 Å². The van der Waals surface area contributed by atoms with E-state index < -0.39 is 0 Å². The Morgan fingerprint density at radius 3 is 2.45 bits per heavy atom. The van der Waals surface area contributed by atoms with Gasteiger partial charge in [-0.2, -0.15) is 5.10 Å². The van der Waals surface area contributed by atoms with Crippen LogP contribution in [-0.2, 0) is 17.9 Å². The second kappa shape index (κ2) is 10.1. The summed E-state index contributed by atoms with van der Waals surface area (Å²) in [7, 11) is 0. The number of nitrogens with one attached hydrogen (secondary N) is 2. The van der Waals surface area contributed by atoms with Gasteiger partial charge >= 0.3 is 0 Å². The number of carbonyl (C=O) groups excluding carboxylic acids is 2. The number of aromatic nitrogens is 2. The molecular weight excluding hydrogens is 388 g/mol. The number of rotatable bonds is 8. The van der Waals surface area contributed by atoms with E-state index in [0.29, 0.717) is 31.0 Å². The molecule has 0 saturated heterocycles. The molecule has 0 fully saturated rings. The lowest BCUT2D eigenvalue weighted by Gasteiger charge is -2.10. The van der Waals surface area contributed by atoms with E-state index in [-0.39, 0.29) is 11.8 Å². The monoisotopic (exact) mass is 418 g/mol. The zero-order valence-electron chi connectivity index (χ0n) is 18.6.